The molecule has 0 bridgehead atoms. The molecule has 0 atom stereocenters. The molecule has 0 aromatic heterocycles. The first kappa shape index (κ1) is 11.3. The van der Waals surface area contributed by atoms with Gasteiger partial charge in [-0.1, -0.05) is 5.16 Å². The van der Waals surface area contributed by atoms with E-state index in [1.165, 1.54) is 0 Å². The number of rotatable bonds is 3. The smallest absolute Gasteiger partial charge is 0.130 e. The monoisotopic (exact) mass is 284 g/mol. The third-order valence-corrected chi connectivity index (χ3v) is 3.04. The zero-order valence-corrected chi connectivity index (χ0v) is 10.6. The molecular weight excluding hydrogens is 272 g/mol. The van der Waals surface area contributed by atoms with E-state index in [4.69, 9.17) is 15.3 Å². The van der Waals surface area contributed by atoms with Crippen LogP contribution in [0.3, 0.4) is 0 Å². The molecule has 0 fully saturated rings. The van der Waals surface area contributed by atoms with Gasteiger partial charge in [0.05, 0.1) is 23.6 Å². The van der Waals surface area contributed by atoms with Crippen LogP contribution >= 0.6 is 15.9 Å². The standard InChI is InChI=1S/C11H13BrN2O2/c1-2-15-9-4-3-7(12)11(13)10(9)8-5-6-16-14-8/h3-4H,2,5-6,13H2,1H3. The van der Waals surface area contributed by atoms with Gasteiger partial charge in [-0.2, -0.15) is 0 Å². The van der Waals surface area contributed by atoms with E-state index in [2.05, 4.69) is 21.1 Å². The first-order chi connectivity index (χ1) is 7.74. The lowest BCUT2D eigenvalue weighted by Crippen LogP contribution is -2.07. The molecule has 0 aliphatic carbocycles. The van der Waals surface area contributed by atoms with Crippen LogP contribution in [0.1, 0.15) is 18.9 Å². The van der Waals surface area contributed by atoms with Gasteiger partial charge in [-0.3, -0.25) is 0 Å². The van der Waals surface area contributed by atoms with Crippen molar-refractivity contribution in [1.29, 1.82) is 0 Å². The highest BCUT2D eigenvalue weighted by Crippen LogP contribution is 2.33. The fourth-order valence-electron chi connectivity index (χ4n) is 1.63. The van der Waals surface area contributed by atoms with Crippen molar-refractivity contribution >= 4 is 27.3 Å². The molecule has 0 saturated heterocycles. The summed E-state index contributed by atoms with van der Waals surface area (Å²) in [6.45, 7) is 3.14. The molecule has 0 spiro atoms. The number of benzene rings is 1. The Morgan fingerprint density at radius 2 is 2.38 bits per heavy atom. The summed E-state index contributed by atoms with van der Waals surface area (Å²) >= 11 is 3.40. The number of nitrogens with two attached hydrogens (primary N) is 1. The zero-order valence-electron chi connectivity index (χ0n) is 9.00. The van der Waals surface area contributed by atoms with E-state index in [9.17, 15) is 0 Å². The SMILES string of the molecule is CCOc1ccc(Br)c(N)c1C1=NOCC1. The molecule has 1 aromatic carbocycles. The number of nitrogen functional groups attached to an aromatic ring is 1. The fraction of sp³-hybridized carbons (Fsp3) is 0.364. The van der Waals surface area contributed by atoms with Crippen LogP contribution in [0.15, 0.2) is 21.8 Å². The van der Waals surface area contributed by atoms with Gasteiger partial charge in [0.15, 0.2) is 0 Å². The van der Waals surface area contributed by atoms with Crippen LogP contribution in [-0.4, -0.2) is 18.9 Å². The summed E-state index contributed by atoms with van der Waals surface area (Å²) in [5.74, 6) is 0.757. The van der Waals surface area contributed by atoms with E-state index in [0.717, 1.165) is 27.9 Å². The summed E-state index contributed by atoms with van der Waals surface area (Å²) < 4.78 is 6.40. The van der Waals surface area contributed by atoms with E-state index < -0.39 is 0 Å². The molecule has 1 aliphatic rings. The van der Waals surface area contributed by atoms with Crippen LogP contribution in [0.5, 0.6) is 5.75 Å². The maximum absolute atomic E-state index is 6.03. The van der Waals surface area contributed by atoms with Gasteiger partial charge in [-0.05, 0) is 35.0 Å². The van der Waals surface area contributed by atoms with Crippen LogP contribution in [0, 0.1) is 0 Å². The highest BCUT2D eigenvalue weighted by molar-refractivity contribution is 9.10. The van der Waals surface area contributed by atoms with Crippen LogP contribution < -0.4 is 10.5 Å². The molecule has 0 amide bonds. The van der Waals surface area contributed by atoms with Gasteiger partial charge in [0, 0.05) is 10.9 Å². The van der Waals surface area contributed by atoms with E-state index >= 15 is 0 Å². The Balaban J connectivity index is 2.49. The number of halogens is 1. The largest absolute Gasteiger partial charge is 0.493 e. The second kappa shape index (κ2) is 4.74. The molecular formula is C11H13BrN2O2. The third-order valence-electron chi connectivity index (χ3n) is 2.35. The quantitative estimate of drug-likeness (QED) is 0.868. The number of anilines is 1. The Bertz CT molecular complexity index is 432. The fourth-order valence-corrected chi connectivity index (χ4v) is 1.96. The molecule has 0 unspecified atom stereocenters. The molecule has 4 nitrogen and oxygen atoms in total. The van der Waals surface area contributed by atoms with Gasteiger partial charge in [0.25, 0.3) is 0 Å². The highest BCUT2D eigenvalue weighted by Gasteiger charge is 2.20. The molecule has 5 heteroatoms. The second-order valence-corrected chi connectivity index (χ2v) is 4.24. The molecule has 2 N–H and O–H groups in total. The van der Waals surface area contributed by atoms with Crippen molar-refractivity contribution in [2.75, 3.05) is 18.9 Å². The van der Waals surface area contributed by atoms with Crippen molar-refractivity contribution in [2.45, 2.75) is 13.3 Å². The third kappa shape index (κ3) is 2.00. The van der Waals surface area contributed by atoms with Gasteiger partial charge < -0.3 is 15.3 Å². The Hall–Kier alpha value is -1.23. The molecule has 1 aromatic rings. The van der Waals surface area contributed by atoms with Crippen LogP contribution in [0.25, 0.3) is 0 Å². The summed E-state index contributed by atoms with van der Waals surface area (Å²) in [5, 5.41) is 3.99. The van der Waals surface area contributed by atoms with Gasteiger partial charge in [0.2, 0.25) is 0 Å². The minimum absolute atomic E-state index is 0.599. The topological polar surface area (TPSA) is 56.8 Å². The molecule has 0 saturated carbocycles. The van der Waals surface area contributed by atoms with E-state index in [0.29, 0.717) is 18.9 Å². The Labute approximate surface area is 103 Å². The summed E-state index contributed by atoms with van der Waals surface area (Å²) in [7, 11) is 0. The van der Waals surface area contributed by atoms with Crippen molar-refractivity contribution in [3.05, 3.63) is 22.2 Å². The average molecular weight is 285 g/mol. The minimum Gasteiger partial charge on any atom is -0.493 e. The van der Waals surface area contributed by atoms with E-state index in [1.807, 2.05) is 19.1 Å². The average Bonchev–Trinajstić information content (AvgIpc) is 2.77. The maximum Gasteiger partial charge on any atom is 0.130 e. The van der Waals surface area contributed by atoms with Gasteiger partial charge >= 0.3 is 0 Å². The summed E-state index contributed by atoms with van der Waals surface area (Å²) in [6.07, 6.45) is 0.765. The summed E-state index contributed by atoms with van der Waals surface area (Å²) in [6, 6.07) is 3.76. The Morgan fingerprint density at radius 3 is 3.00 bits per heavy atom. The molecule has 0 radical (unpaired) electrons. The minimum atomic E-state index is 0.599. The number of oxime groups is 1. The lowest BCUT2D eigenvalue weighted by atomic mass is 10.0. The molecule has 1 aliphatic heterocycles. The normalized spacial score (nSPS) is 14.5. The van der Waals surface area contributed by atoms with Gasteiger partial charge in [-0.25, -0.2) is 0 Å². The van der Waals surface area contributed by atoms with Gasteiger partial charge in [-0.15, -0.1) is 0 Å². The van der Waals surface area contributed by atoms with Crippen molar-refractivity contribution in [2.24, 2.45) is 5.16 Å². The van der Waals surface area contributed by atoms with Gasteiger partial charge in [0.1, 0.15) is 12.4 Å². The molecule has 16 heavy (non-hydrogen) atoms. The summed E-state index contributed by atoms with van der Waals surface area (Å²) in [5.41, 5.74) is 8.37. The predicted molar refractivity (Wildman–Crippen MR) is 66.8 cm³/mol. The van der Waals surface area contributed by atoms with Crippen molar-refractivity contribution in [1.82, 2.24) is 0 Å². The summed E-state index contributed by atoms with van der Waals surface area (Å²) in [4.78, 5) is 5.00. The molecule has 1 heterocycles. The van der Waals surface area contributed by atoms with Crippen molar-refractivity contribution in [3.63, 3.8) is 0 Å². The lowest BCUT2D eigenvalue weighted by molar-refractivity contribution is 0.174. The van der Waals surface area contributed by atoms with Crippen molar-refractivity contribution < 1.29 is 9.57 Å². The Morgan fingerprint density at radius 1 is 1.56 bits per heavy atom. The molecule has 86 valence electrons. The maximum atomic E-state index is 6.03. The zero-order chi connectivity index (χ0) is 11.5. The predicted octanol–water partition coefficient (Wildman–Crippen LogP) is 2.55. The van der Waals surface area contributed by atoms with E-state index in [1.54, 1.807) is 0 Å². The number of nitrogens with zero attached hydrogens (tertiary/aromatic N) is 1. The number of hydrogen-bond donors (Lipinski definition) is 1. The number of hydrogen-bond acceptors (Lipinski definition) is 4. The second-order valence-electron chi connectivity index (χ2n) is 3.39. The van der Waals surface area contributed by atoms with Crippen LogP contribution in [0.2, 0.25) is 0 Å². The van der Waals surface area contributed by atoms with Crippen LogP contribution in [0.4, 0.5) is 5.69 Å². The van der Waals surface area contributed by atoms with Crippen molar-refractivity contribution in [3.8, 4) is 5.75 Å². The lowest BCUT2D eigenvalue weighted by Gasteiger charge is -2.12. The highest BCUT2D eigenvalue weighted by atomic mass is 79.9. The Kier molecular flexibility index (Phi) is 3.33. The molecule has 2 rings (SSSR count). The number of ether oxygens (including phenoxy) is 1. The van der Waals surface area contributed by atoms with E-state index in [-0.39, 0.29) is 0 Å². The van der Waals surface area contributed by atoms with Crippen LogP contribution in [-0.2, 0) is 4.84 Å². The first-order valence-electron chi connectivity index (χ1n) is 5.14. The first-order valence-corrected chi connectivity index (χ1v) is 5.93.